The Morgan fingerprint density at radius 2 is 1.93 bits per heavy atom. The molecule has 0 spiro atoms. The van der Waals surface area contributed by atoms with Gasteiger partial charge in [-0.05, 0) is 44.4 Å². The average molecular weight is 401 g/mol. The van der Waals surface area contributed by atoms with Crippen LogP contribution in [0.3, 0.4) is 0 Å². The molecule has 1 fully saturated rings. The van der Waals surface area contributed by atoms with Crippen molar-refractivity contribution < 1.29 is 9.59 Å². The van der Waals surface area contributed by atoms with Gasteiger partial charge in [-0.3, -0.25) is 14.3 Å². The number of likely N-dealkylation sites (tertiary alicyclic amines) is 1. The summed E-state index contributed by atoms with van der Waals surface area (Å²) in [5, 5.41) is 5.31. The summed E-state index contributed by atoms with van der Waals surface area (Å²) in [4.78, 5) is 25.5. The third-order valence-corrected chi connectivity index (χ3v) is 5.69. The van der Waals surface area contributed by atoms with Crippen LogP contribution in [-0.2, 0) is 16.1 Å². The Hall–Kier alpha value is -2.60. The van der Waals surface area contributed by atoms with Crippen LogP contribution in [0, 0.1) is 19.8 Å². The zero-order valence-electron chi connectivity index (χ0n) is 16.2. The van der Waals surface area contributed by atoms with Crippen LogP contribution in [0.5, 0.6) is 0 Å². The Kier molecular flexibility index (Phi) is 6.19. The maximum atomic E-state index is 12.5. The van der Waals surface area contributed by atoms with Gasteiger partial charge in [0, 0.05) is 41.4 Å². The summed E-state index contributed by atoms with van der Waals surface area (Å²) in [5.41, 5.74) is 9.13. The Labute approximate surface area is 170 Å². The van der Waals surface area contributed by atoms with Gasteiger partial charge in [-0.2, -0.15) is 5.10 Å². The molecule has 0 atom stereocenters. The van der Waals surface area contributed by atoms with Crippen LogP contribution in [0.2, 0.25) is 5.02 Å². The first-order valence-electron chi connectivity index (χ1n) is 9.40. The molecule has 0 unspecified atom stereocenters. The number of hydrogen-bond donors (Lipinski definition) is 1. The van der Waals surface area contributed by atoms with Crippen molar-refractivity contribution in [3.63, 3.8) is 0 Å². The predicted octanol–water partition coefficient (Wildman–Crippen LogP) is 2.94. The van der Waals surface area contributed by atoms with Crippen LogP contribution in [0.4, 0.5) is 0 Å². The van der Waals surface area contributed by atoms with E-state index in [-0.39, 0.29) is 17.7 Å². The van der Waals surface area contributed by atoms with E-state index >= 15 is 0 Å². The fourth-order valence-electron chi connectivity index (χ4n) is 3.54. The smallest absolute Gasteiger partial charge is 0.246 e. The van der Waals surface area contributed by atoms with Gasteiger partial charge >= 0.3 is 0 Å². The standard InChI is InChI=1S/C21H25ClN4O2/c1-14-18(7-8-20(27)25-11-9-16(10-12-25)21(23)28)15(2)26(24-14)13-17-5-3-4-6-19(17)22/h3-8,16H,9-13H2,1-2H3,(H2,23,28)/b8-7+. The summed E-state index contributed by atoms with van der Waals surface area (Å²) in [6.07, 6.45) is 4.66. The second kappa shape index (κ2) is 8.61. The number of carbonyl (C=O) groups excluding carboxylic acids is 2. The number of piperidine rings is 1. The van der Waals surface area contributed by atoms with E-state index in [0.29, 0.717) is 37.5 Å². The van der Waals surface area contributed by atoms with Gasteiger partial charge in [0.15, 0.2) is 0 Å². The van der Waals surface area contributed by atoms with Crippen LogP contribution < -0.4 is 5.73 Å². The third kappa shape index (κ3) is 4.44. The molecule has 0 aliphatic carbocycles. The third-order valence-electron chi connectivity index (χ3n) is 5.32. The molecule has 3 rings (SSSR count). The van der Waals surface area contributed by atoms with Crippen LogP contribution >= 0.6 is 11.6 Å². The maximum absolute atomic E-state index is 12.5. The largest absolute Gasteiger partial charge is 0.369 e. The number of benzene rings is 1. The summed E-state index contributed by atoms with van der Waals surface area (Å²) in [7, 11) is 0. The quantitative estimate of drug-likeness (QED) is 0.783. The zero-order valence-corrected chi connectivity index (χ0v) is 16.9. The highest BCUT2D eigenvalue weighted by atomic mass is 35.5. The van der Waals surface area contributed by atoms with Crippen molar-refractivity contribution in [2.45, 2.75) is 33.2 Å². The molecule has 2 N–H and O–H groups in total. The summed E-state index contributed by atoms with van der Waals surface area (Å²) >= 11 is 6.26. The van der Waals surface area contributed by atoms with Crippen molar-refractivity contribution in [2.75, 3.05) is 13.1 Å². The fourth-order valence-corrected chi connectivity index (χ4v) is 3.73. The number of primary amides is 1. The van der Waals surface area contributed by atoms with Gasteiger partial charge in [-0.1, -0.05) is 29.8 Å². The number of aromatic nitrogens is 2. The number of halogens is 1. The van der Waals surface area contributed by atoms with Gasteiger partial charge in [0.25, 0.3) is 0 Å². The lowest BCUT2D eigenvalue weighted by molar-refractivity contribution is -0.130. The number of rotatable bonds is 5. The highest BCUT2D eigenvalue weighted by molar-refractivity contribution is 6.31. The molecular formula is C21H25ClN4O2. The molecule has 1 aromatic carbocycles. The highest BCUT2D eigenvalue weighted by Gasteiger charge is 2.24. The van der Waals surface area contributed by atoms with E-state index < -0.39 is 0 Å². The lowest BCUT2D eigenvalue weighted by Gasteiger charge is -2.29. The normalized spacial score (nSPS) is 15.3. The molecule has 2 heterocycles. The number of carbonyl (C=O) groups is 2. The Morgan fingerprint density at radius 3 is 2.57 bits per heavy atom. The molecule has 148 valence electrons. The first-order chi connectivity index (χ1) is 13.4. The number of nitrogens with two attached hydrogens (primary N) is 1. The molecular weight excluding hydrogens is 376 g/mol. The molecule has 2 aromatic rings. The van der Waals surface area contributed by atoms with Gasteiger partial charge in [0.2, 0.25) is 11.8 Å². The Balaban J connectivity index is 1.69. The molecule has 1 saturated heterocycles. The summed E-state index contributed by atoms with van der Waals surface area (Å²) in [6, 6.07) is 7.70. The minimum Gasteiger partial charge on any atom is -0.369 e. The Morgan fingerprint density at radius 1 is 1.25 bits per heavy atom. The minimum atomic E-state index is -0.278. The van der Waals surface area contributed by atoms with E-state index in [0.717, 1.165) is 22.5 Å². The second-order valence-corrected chi connectivity index (χ2v) is 7.58. The van der Waals surface area contributed by atoms with Gasteiger partial charge < -0.3 is 10.6 Å². The minimum absolute atomic E-state index is 0.0550. The van der Waals surface area contributed by atoms with Crippen molar-refractivity contribution in [1.29, 1.82) is 0 Å². The van der Waals surface area contributed by atoms with Crippen LogP contribution in [0.25, 0.3) is 6.08 Å². The van der Waals surface area contributed by atoms with E-state index in [9.17, 15) is 9.59 Å². The molecule has 28 heavy (non-hydrogen) atoms. The van der Waals surface area contributed by atoms with E-state index in [4.69, 9.17) is 17.3 Å². The van der Waals surface area contributed by atoms with Gasteiger partial charge in [-0.15, -0.1) is 0 Å². The van der Waals surface area contributed by atoms with Gasteiger partial charge in [-0.25, -0.2) is 0 Å². The number of aryl methyl sites for hydroxylation is 1. The van der Waals surface area contributed by atoms with Crippen molar-refractivity contribution in [2.24, 2.45) is 11.7 Å². The first kappa shape index (κ1) is 20.1. The zero-order chi connectivity index (χ0) is 20.3. The van der Waals surface area contributed by atoms with Gasteiger partial charge in [0.05, 0.1) is 12.2 Å². The lowest BCUT2D eigenvalue weighted by atomic mass is 9.96. The molecule has 0 radical (unpaired) electrons. The predicted molar refractivity (Wildman–Crippen MR) is 110 cm³/mol. The van der Waals surface area contributed by atoms with Crippen LogP contribution in [-0.4, -0.2) is 39.6 Å². The van der Waals surface area contributed by atoms with Gasteiger partial charge in [0.1, 0.15) is 0 Å². The molecule has 7 heteroatoms. The number of hydrogen-bond acceptors (Lipinski definition) is 3. The van der Waals surface area contributed by atoms with Crippen molar-refractivity contribution in [3.05, 3.63) is 57.9 Å². The van der Waals surface area contributed by atoms with Crippen molar-refractivity contribution in [3.8, 4) is 0 Å². The van der Waals surface area contributed by atoms with Crippen LogP contribution in [0.1, 0.15) is 35.4 Å². The van der Waals surface area contributed by atoms with Crippen molar-refractivity contribution in [1.82, 2.24) is 14.7 Å². The molecule has 6 nitrogen and oxygen atoms in total. The lowest BCUT2D eigenvalue weighted by Crippen LogP contribution is -2.41. The molecule has 1 aromatic heterocycles. The van der Waals surface area contributed by atoms with Crippen molar-refractivity contribution >= 4 is 29.5 Å². The summed E-state index contributed by atoms with van der Waals surface area (Å²) in [5.74, 6) is -0.457. The first-order valence-corrected chi connectivity index (χ1v) is 9.78. The molecule has 2 amide bonds. The van der Waals surface area contributed by atoms with E-state index in [2.05, 4.69) is 5.10 Å². The molecule has 1 aliphatic heterocycles. The molecule has 0 saturated carbocycles. The summed E-state index contributed by atoms with van der Waals surface area (Å²) in [6.45, 7) is 5.60. The summed E-state index contributed by atoms with van der Waals surface area (Å²) < 4.78 is 1.90. The Bertz CT molecular complexity index is 911. The fraction of sp³-hybridized carbons (Fsp3) is 0.381. The molecule has 1 aliphatic rings. The van der Waals surface area contributed by atoms with E-state index in [1.54, 1.807) is 11.0 Å². The number of amides is 2. The number of nitrogens with zero attached hydrogens (tertiary/aromatic N) is 3. The van der Waals surface area contributed by atoms with E-state index in [1.807, 2.05) is 48.9 Å². The SMILES string of the molecule is Cc1nn(Cc2ccccc2Cl)c(C)c1/C=C/C(=O)N1CCC(C(N)=O)CC1. The van der Waals surface area contributed by atoms with Crippen LogP contribution in [0.15, 0.2) is 30.3 Å². The molecule has 0 bridgehead atoms. The topological polar surface area (TPSA) is 81.2 Å². The highest BCUT2D eigenvalue weighted by Crippen LogP contribution is 2.21. The average Bonchev–Trinajstić information content (AvgIpc) is 2.94. The maximum Gasteiger partial charge on any atom is 0.246 e. The second-order valence-electron chi connectivity index (χ2n) is 7.17. The van der Waals surface area contributed by atoms with E-state index in [1.165, 1.54) is 0 Å². The monoisotopic (exact) mass is 400 g/mol.